The first-order valence-electron chi connectivity index (χ1n) is 6.80. The third kappa shape index (κ3) is 5.37. The van der Waals surface area contributed by atoms with E-state index >= 15 is 0 Å². The Kier molecular flexibility index (Phi) is 6.13. The molecule has 0 saturated heterocycles. The molecule has 0 amide bonds. The molecule has 1 rings (SSSR count). The Labute approximate surface area is 119 Å². The van der Waals surface area contributed by atoms with Crippen molar-refractivity contribution < 1.29 is 4.92 Å². The first-order chi connectivity index (χ1) is 9.46. The first-order valence-corrected chi connectivity index (χ1v) is 6.80. The highest BCUT2D eigenvalue weighted by Crippen LogP contribution is 2.21. The van der Waals surface area contributed by atoms with Crippen LogP contribution in [0.25, 0.3) is 0 Å². The number of benzene rings is 1. The number of nitrogens with one attached hydrogen (secondary N) is 1. The number of nitro groups is 1. The molecule has 1 aromatic carbocycles. The third-order valence-electron chi connectivity index (χ3n) is 3.21. The number of nitro benzene ring substituents is 1. The number of hydrogen-bond acceptors (Lipinski definition) is 4. The summed E-state index contributed by atoms with van der Waals surface area (Å²) >= 11 is 0. The molecule has 1 aromatic rings. The van der Waals surface area contributed by atoms with Crippen LogP contribution in [-0.4, -0.2) is 11.5 Å². The van der Waals surface area contributed by atoms with Gasteiger partial charge >= 0.3 is 0 Å². The maximum atomic E-state index is 10.8. The summed E-state index contributed by atoms with van der Waals surface area (Å²) in [5.41, 5.74) is 0.596. The highest BCUT2D eigenvalue weighted by Gasteiger charge is 2.15. The number of hydrogen-bond donors (Lipinski definition) is 1. The van der Waals surface area contributed by atoms with Gasteiger partial charge in [-0.15, -0.1) is 0 Å². The summed E-state index contributed by atoms with van der Waals surface area (Å²) in [5, 5.41) is 23.0. The van der Waals surface area contributed by atoms with Crippen LogP contribution in [-0.2, 0) is 6.54 Å². The van der Waals surface area contributed by atoms with Gasteiger partial charge in [-0.2, -0.15) is 5.26 Å². The van der Waals surface area contributed by atoms with Crippen molar-refractivity contribution >= 4 is 5.69 Å². The third-order valence-corrected chi connectivity index (χ3v) is 3.21. The zero-order valence-corrected chi connectivity index (χ0v) is 12.1. The fourth-order valence-corrected chi connectivity index (χ4v) is 1.93. The van der Waals surface area contributed by atoms with Gasteiger partial charge in [0.2, 0.25) is 0 Å². The van der Waals surface area contributed by atoms with Crippen molar-refractivity contribution in [2.75, 3.05) is 6.54 Å². The fourth-order valence-electron chi connectivity index (χ4n) is 1.93. The molecule has 0 aliphatic rings. The highest BCUT2D eigenvalue weighted by atomic mass is 16.6. The molecule has 0 aromatic heterocycles. The number of rotatable bonds is 8. The monoisotopic (exact) mass is 275 g/mol. The zero-order chi connectivity index (χ0) is 15.0. The predicted molar refractivity (Wildman–Crippen MR) is 78.0 cm³/mol. The van der Waals surface area contributed by atoms with E-state index in [-0.39, 0.29) is 16.0 Å². The van der Waals surface area contributed by atoms with Crippen LogP contribution < -0.4 is 5.32 Å². The van der Waals surface area contributed by atoms with Crippen LogP contribution in [0, 0.1) is 26.9 Å². The Morgan fingerprint density at radius 1 is 1.35 bits per heavy atom. The molecule has 0 aliphatic heterocycles. The van der Waals surface area contributed by atoms with E-state index in [9.17, 15) is 10.1 Å². The van der Waals surface area contributed by atoms with Gasteiger partial charge in [0.15, 0.2) is 0 Å². The number of unbranched alkanes of at least 4 members (excludes halogenated alkanes) is 1. The van der Waals surface area contributed by atoms with Crippen molar-refractivity contribution in [3.63, 3.8) is 0 Å². The number of nitrogens with zero attached hydrogens (tertiary/aromatic N) is 2. The number of nitriles is 1. The maximum Gasteiger partial charge on any atom is 0.273 e. The molecule has 0 radical (unpaired) electrons. The lowest BCUT2D eigenvalue weighted by atomic mass is 9.89. The van der Waals surface area contributed by atoms with Crippen LogP contribution in [0.3, 0.4) is 0 Å². The molecular formula is C15H21N3O2. The minimum atomic E-state index is -0.355. The molecule has 5 heteroatoms. The lowest BCUT2D eigenvalue weighted by molar-refractivity contribution is -0.385. The zero-order valence-electron chi connectivity index (χ0n) is 12.1. The Morgan fingerprint density at radius 3 is 2.70 bits per heavy atom. The molecule has 0 spiro atoms. The van der Waals surface area contributed by atoms with Gasteiger partial charge in [0.1, 0.15) is 0 Å². The molecule has 0 fully saturated rings. The van der Waals surface area contributed by atoms with Gasteiger partial charge in [0.05, 0.1) is 16.4 Å². The minimum absolute atomic E-state index is 0.158. The van der Waals surface area contributed by atoms with E-state index in [1.54, 1.807) is 18.2 Å². The molecule has 108 valence electrons. The van der Waals surface area contributed by atoms with Crippen LogP contribution in [0.2, 0.25) is 0 Å². The molecule has 0 atom stereocenters. The summed E-state index contributed by atoms with van der Waals surface area (Å²) in [5.74, 6) is 0. The van der Waals surface area contributed by atoms with Gasteiger partial charge in [-0.3, -0.25) is 10.1 Å². The van der Waals surface area contributed by atoms with E-state index in [2.05, 4.69) is 11.4 Å². The maximum absolute atomic E-state index is 10.8. The summed E-state index contributed by atoms with van der Waals surface area (Å²) in [4.78, 5) is 10.5. The number of para-hydroxylation sites is 1. The second-order valence-electron chi connectivity index (χ2n) is 5.52. The van der Waals surface area contributed by atoms with Crippen molar-refractivity contribution in [1.82, 2.24) is 5.32 Å². The average molecular weight is 275 g/mol. The van der Waals surface area contributed by atoms with Crippen molar-refractivity contribution in [2.45, 2.75) is 39.7 Å². The molecule has 0 aliphatic carbocycles. The lowest BCUT2D eigenvalue weighted by Crippen LogP contribution is -2.16. The smallest absolute Gasteiger partial charge is 0.273 e. The minimum Gasteiger partial charge on any atom is -0.312 e. The molecule has 0 heterocycles. The SMILES string of the molecule is CC(C)(C#N)CCCCNCc1ccccc1[N+](=O)[O-]. The summed E-state index contributed by atoms with van der Waals surface area (Å²) < 4.78 is 0. The molecule has 5 nitrogen and oxygen atoms in total. The summed E-state index contributed by atoms with van der Waals surface area (Å²) in [6.07, 6.45) is 2.81. The molecule has 0 saturated carbocycles. The van der Waals surface area contributed by atoms with E-state index in [0.29, 0.717) is 12.1 Å². The second kappa shape index (κ2) is 7.61. The van der Waals surface area contributed by atoms with Crippen LogP contribution in [0.5, 0.6) is 0 Å². The lowest BCUT2D eigenvalue weighted by Gasteiger charge is -2.14. The van der Waals surface area contributed by atoms with Gasteiger partial charge < -0.3 is 5.32 Å². The van der Waals surface area contributed by atoms with E-state index in [1.165, 1.54) is 6.07 Å². The largest absolute Gasteiger partial charge is 0.312 e. The highest BCUT2D eigenvalue weighted by molar-refractivity contribution is 5.39. The molecular weight excluding hydrogens is 254 g/mol. The molecule has 20 heavy (non-hydrogen) atoms. The van der Waals surface area contributed by atoms with Gasteiger partial charge in [-0.05, 0) is 33.2 Å². The van der Waals surface area contributed by atoms with Gasteiger partial charge in [0.25, 0.3) is 5.69 Å². The van der Waals surface area contributed by atoms with Crippen LogP contribution >= 0.6 is 0 Å². The Morgan fingerprint density at radius 2 is 2.05 bits per heavy atom. The van der Waals surface area contributed by atoms with Crippen molar-refractivity contribution in [2.24, 2.45) is 5.41 Å². The second-order valence-corrected chi connectivity index (χ2v) is 5.52. The molecule has 0 bridgehead atoms. The van der Waals surface area contributed by atoms with Crippen molar-refractivity contribution in [1.29, 1.82) is 5.26 Å². The van der Waals surface area contributed by atoms with E-state index in [0.717, 1.165) is 25.8 Å². The molecule has 1 N–H and O–H groups in total. The van der Waals surface area contributed by atoms with Gasteiger partial charge in [0, 0.05) is 18.2 Å². The van der Waals surface area contributed by atoms with Crippen LogP contribution in [0.1, 0.15) is 38.7 Å². The van der Waals surface area contributed by atoms with Crippen LogP contribution in [0.15, 0.2) is 24.3 Å². The fraction of sp³-hybridized carbons (Fsp3) is 0.533. The summed E-state index contributed by atoms with van der Waals surface area (Å²) in [7, 11) is 0. The normalized spacial score (nSPS) is 11.1. The van der Waals surface area contributed by atoms with Gasteiger partial charge in [-0.25, -0.2) is 0 Å². The summed E-state index contributed by atoms with van der Waals surface area (Å²) in [6.45, 7) is 5.17. The average Bonchev–Trinajstić information content (AvgIpc) is 2.43. The Hall–Kier alpha value is -1.93. The topological polar surface area (TPSA) is 79.0 Å². The van der Waals surface area contributed by atoms with E-state index in [1.807, 2.05) is 13.8 Å². The Balaban J connectivity index is 2.29. The quantitative estimate of drug-likeness (QED) is 0.448. The Bertz CT molecular complexity index is 492. The van der Waals surface area contributed by atoms with Crippen molar-refractivity contribution in [3.05, 3.63) is 39.9 Å². The van der Waals surface area contributed by atoms with Gasteiger partial charge in [-0.1, -0.05) is 24.6 Å². The molecule has 0 unspecified atom stereocenters. The summed E-state index contributed by atoms with van der Waals surface area (Å²) in [6, 6.07) is 9.05. The standard InChI is InChI=1S/C15H21N3O2/c1-15(2,12-16)9-5-6-10-17-11-13-7-3-4-8-14(13)18(19)20/h3-4,7-8,17H,5-6,9-11H2,1-2H3. The first kappa shape index (κ1) is 16.1. The van der Waals surface area contributed by atoms with E-state index < -0.39 is 0 Å². The van der Waals surface area contributed by atoms with Crippen molar-refractivity contribution in [3.8, 4) is 6.07 Å². The van der Waals surface area contributed by atoms with Crippen LogP contribution in [0.4, 0.5) is 5.69 Å². The van der Waals surface area contributed by atoms with E-state index in [4.69, 9.17) is 5.26 Å². The predicted octanol–water partition coefficient (Wildman–Crippen LogP) is 3.40.